The van der Waals surface area contributed by atoms with E-state index in [4.69, 9.17) is 4.74 Å². The van der Waals surface area contributed by atoms with Gasteiger partial charge in [0, 0.05) is 12.3 Å². The summed E-state index contributed by atoms with van der Waals surface area (Å²) < 4.78 is 5.07. The first-order valence-corrected chi connectivity index (χ1v) is 4.93. The summed E-state index contributed by atoms with van der Waals surface area (Å²) in [5, 5.41) is 0. The van der Waals surface area contributed by atoms with Crippen LogP contribution in [0.15, 0.2) is 29.3 Å². The number of ether oxygens (including phenoxy) is 1. The minimum absolute atomic E-state index is 0.400. The van der Waals surface area contributed by atoms with Crippen molar-refractivity contribution in [3.63, 3.8) is 0 Å². The van der Waals surface area contributed by atoms with Gasteiger partial charge in [-0.25, -0.2) is 0 Å². The molecule has 0 heterocycles. The largest absolute Gasteiger partial charge is 0.497 e. The number of benzene rings is 1. The molecule has 0 spiro atoms. The summed E-state index contributed by atoms with van der Waals surface area (Å²) in [5.74, 6) is 0.880. The van der Waals surface area contributed by atoms with Gasteiger partial charge in [-0.1, -0.05) is 6.92 Å². The quantitative estimate of drug-likeness (QED) is 0.670. The zero-order valence-electron chi connectivity index (χ0n) is 9.03. The lowest BCUT2D eigenvalue weighted by Crippen LogP contribution is -1.95. The predicted molar refractivity (Wildman–Crippen MR) is 60.3 cm³/mol. The number of rotatable bonds is 4. The third-order valence-electron chi connectivity index (χ3n) is 2.18. The lowest BCUT2D eigenvalue weighted by molar-refractivity contribution is 0.415. The van der Waals surface area contributed by atoms with E-state index in [1.54, 1.807) is 7.11 Å². The highest BCUT2D eigenvalue weighted by Gasteiger charge is 1.93. The molecule has 0 fully saturated rings. The van der Waals surface area contributed by atoms with Crippen LogP contribution in [0.2, 0.25) is 0 Å². The summed E-state index contributed by atoms with van der Waals surface area (Å²) in [6.07, 6.45) is 2.99. The number of aliphatic imine (C=N–C) groups is 1. The molecule has 0 saturated heterocycles. The molecule has 0 amide bonds. The molecular formula is C12H17NO. The van der Waals surface area contributed by atoms with Gasteiger partial charge < -0.3 is 4.74 Å². The molecule has 14 heavy (non-hydrogen) atoms. The number of methoxy groups -OCH3 is 1. The van der Waals surface area contributed by atoms with Crippen molar-refractivity contribution < 1.29 is 4.74 Å². The Kier molecular flexibility index (Phi) is 4.17. The van der Waals surface area contributed by atoms with E-state index in [1.807, 2.05) is 30.5 Å². The zero-order chi connectivity index (χ0) is 10.4. The van der Waals surface area contributed by atoms with Crippen LogP contribution in [-0.4, -0.2) is 19.4 Å². The molecule has 2 heteroatoms. The number of nitrogens with zero attached hydrogens (tertiary/aromatic N) is 1. The van der Waals surface area contributed by atoms with Crippen LogP contribution in [-0.2, 0) is 0 Å². The van der Waals surface area contributed by atoms with Gasteiger partial charge >= 0.3 is 0 Å². The van der Waals surface area contributed by atoms with Gasteiger partial charge in [0.2, 0.25) is 0 Å². The Bertz CT molecular complexity index is 290. The average Bonchev–Trinajstić information content (AvgIpc) is 2.26. The molecule has 76 valence electrons. The maximum Gasteiger partial charge on any atom is 0.118 e. The normalized spacial score (nSPS) is 13.1. The van der Waals surface area contributed by atoms with E-state index >= 15 is 0 Å². The van der Waals surface area contributed by atoms with E-state index in [9.17, 15) is 0 Å². The first-order chi connectivity index (χ1) is 6.76. The van der Waals surface area contributed by atoms with Gasteiger partial charge in [0.1, 0.15) is 5.75 Å². The van der Waals surface area contributed by atoms with Crippen LogP contribution in [0.25, 0.3) is 0 Å². The van der Waals surface area contributed by atoms with Gasteiger partial charge in [0.15, 0.2) is 0 Å². The summed E-state index contributed by atoms with van der Waals surface area (Å²) in [6.45, 7) is 4.25. The number of hydrogen-bond donors (Lipinski definition) is 0. The van der Waals surface area contributed by atoms with Gasteiger partial charge in [0.25, 0.3) is 0 Å². The summed E-state index contributed by atoms with van der Waals surface area (Å²) in [6, 6.07) is 8.29. The lowest BCUT2D eigenvalue weighted by atomic mass is 10.2. The van der Waals surface area contributed by atoms with E-state index in [2.05, 4.69) is 18.8 Å². The molecule has 1 atom stereocenters. The van der Waals surface area contributed by atoms with Crippen molar-refractivity contribution in [1.82, 2.24) is 0 Å². The topological polar surface area (TPSA) is 21.6 Å². The molecule has 1 aromatic rings. The molecule has 0 radical (unpaired) electrons. The van der Waals surface area contributed by atoms with Crippen molar-refractivity contribution in [2.45, 2.75) is 26.3 Å². The van der Waals surface area contributed by atoms with Crippen LogP contribution in [0.5, 0.6) is 5.75 Å². The summed E-state index contributed by atoms with van der Waals surface area (Å²) in [7, 11) is 1.67. The molecule has 0 aliphatic carbocycles. The van der Waals surface area contributed by atoms with Crippen LogP contribution in [0, 0.1) is 0 Å². The lowest BCUT2D eigenvalue weighted by Gasteiger charge is -2.01. The molecule has 2 nitrogen and oxygen atoms in total. The monoisotopic (exact) mass is 191 g/mol. The Morgan fingerprint density at radius 3 is 2.50 bits per heavy atom. The van der Waals surface area contributed by atoms with Crippen molar-refractivity contribution in [3.05, 3.63) is 29.8 Å². The van der Waals surface area contributed by atoms with E-state index in [0.717, 1.165) is 17.7 Å². The predicted octanol–water partition coefficient (Wildman–Crippen LogP) is 2.91. The van der Waals surface area contributed by atoms with Crippen LogP contribution in [0.4, 0.5) is 0 Å². The molecule has 0 aliphatic rings. The minimum Gasteiger partial charge on any atom is -0.497 e. The fraction of sp³-hybridized carbons (Fsp3) is 0.417. The molecule has 1 rings (SSSR count). The smallest absolute Gasteiger partial charge is 0.118 e. The maximum atomic E-state index is 5.07. The van der Waals surface area contributed by atoms with Crippen molar-refractivity contribution in [1.29, 1.82) is 0 Å². The van der Waals surface area contributed by atoms with Crippen LogP contribution < -0.4 is 4.74 Å². The molecule has 0 saturated carbocycles. The van der Waals surface area contributed by atoms with E-state index in [-0.39, 0.29) is 0 Å². The molecule has 0 unspecified atom stereocenters. The van der Waals surface area contributed by atoms with Crippen molar-refractivity contribution in [2.75, 3.05) is 7.11 Å². The average molecular weight is 191 g/mol. The van der Waals surface area contributed by atoms with Crippen molar-refractivity contribution in [3.8, 4) is 5.75 Å². The highest BCUT2D eigenvalue weighted by atomic mass is 16.5. The Balaban J connectivity index is 2.64. The van der Waals surface area contributed by atoms with Crippen LogP contribution in [0.3, 0.4) is 0 Å². The first kappa shape index (κ1) is 10.8. The van der Waals surface area contributed by atoms with E-state index in [0.29, 0.717) is 6.04 Å². The van der Waals surface area contributed by atoms with E-state index in [1.165, 1.54) is 0 Å². The second-order valence-corrected chi connectivity index (χ2v) is 3.31. The van der Waals surface area contributed by atoms with Crippen LogP contribution in [0.1, 0.15) is 25.8 Å². The molecule has 1 aromatic carbocycles. The third-order valence-corrected chi connectivity index (χ3v) is 2.18. The SMILES string of the molecule is CC[C@@H](C)N=Cc1ccc(OC)cc1. The number of hydrogen-bond acceptors (Lipinski definition) is 2. The van der Waals surface area contributed by atoms with Gasteiger partial charge in [-0.05, 0) is 43.2 Å². The van der Waals surface area contributed by atoms with Gasteiger partial charge in [-0.2, -0.15) is 0 Å². The Morgan fingerprint density at radius 2 is 2.00 bits per heavy atom. The van der Waals surface area contributed by atoms with Crippen LogP contribution >= 0.6 is 0 Å². The summed E-state index contributed by atoms with van der Waals surface area (Å²) >= 11 is 0. The molecule has 0 aliphatic heterocycles. The molecular weight excluding hydrogens is 174 g/mol. The highest BCUT2D eigenvalue weighted by Crippen LogP contribution is 2.10. The third kappa shape index (κ3) is 3.21. The molecule has 0 bridgehead atoms. The second kappa shape index (κ2) is 5.43. The highest BCUT2D eigenvalue weighted by molar-refractivity contribution is 5.79. The Labute approximate surface area is 85.6 Å². The van der Waals surface area contributed by atoms with E-state index < -0.39 is 0 Å². The molecule has 0 aromatic heterocycles. The van der Waals surface area contributed by atoms with Crippen molar-refractivity contribution >= 4 is 6.21 Å². The van der Waals surface area contributed by atoms with Gasteiger partial charge in [-0.15, -0.1) is 0 Å². The Morgan fingerprint density at radius 1 is 1.36 bits per heavy atom. The van der Waals surface area contributed by atoms with Gasteiger partial charge in [-0.3, -0.25) is 4.99 Å². The first-order valence-electron chi connectivity index (χ1n) is 4.93. The molecule has 0 N–H and O–H groups in total. The van der Waals surface area contributed by atoms with Crippen molar-refractivity contribution in [2.24, 2.45) is 4.99 Å². The summed E-state index contributed by atoms with van der Waals surface area (Å²) in [5.41, 5.74) is 1.12. The second-order valence-electron chi connectivity index (χ2n) is 3.31. The van der Waals surface area contributed by atoms with Gasteiger partial charge in [0.05, 0.1) is 7.11 Å². The fourth-order valence-corrected chi connectivity index (χ4v) is 1.01. The standard InChI is InChI=1S/C12H17NO/c1-4-10(2)13-9-11-5-7-12(14-3)8-6-11/h5-10H,4H2,1-3H3/t10-/m1/s1. The fourth-order valence-electron chi connectivity index (χ4n) is 1.01. The minimum atomic E-state index is 0.400. The summed E-state index contributed by atoms with van der Waals surface area (Å²) in [4.78, 5) is 4.40. The Hall–Kier alpha value is -1.31. The maximum absolute atomic E-state index is 5.07. The zero-order valence-corrected chi connectivity index (χ0v) is 9.03.